The summed E-state index contributed by atoms with van der Waals surface area (Å²) in [5, 5.41) is 10.6. The number of benzene rings is 1. The third-order valence-corrected chi connectivity index (χ3v) is 3.35. The van der Waals surface area contributed by atoms with Gasteiger partial charge in [-0.05, 0) is 26.3 Å². The summed E-state index contributed by atoms with van der Waals surface area (Å²) in [4.78, 5) is 22.4. The first-order valence-corrected chi connectivity index (χ1v) is 6.23. The molecule has 0 aliphatic heterocycles. The van der Waals surface area contributed by atoms with E-state index in [-0.39, 0.29) is 17.9 Å². The summed E-state index contributed by atoms with van der Waals surface area (Å²) in [6, 6.07) is 6.02. The largest absolute Gasteiger partial charge is 0.466 e. The van der Waals surface area contributed by atoms with Gasteiger partial charge >= 0.3 is 0 Å². The van der Waals surface area contributed by atoms with E-state index in [1.165, 1.54) is 12.1 Å². The first-order valence-electron chi connectivity index (χ1n) is 6.23. The molecule has 0 unspecified atom stereocenters. The number of carbonyl (C=O) groups excluding carboxylic acids is 1. The van der Waals surface area contributed by atoms with Gasteiger partial charge in [0.2, 0.25) is 0 Å². The van der Waals surface area contributed by atoms with Crippen LogP contribution < -0.4 is 0 Å². The van der Waals surface area contributed by atoms with Crippen molar-refractivity contribution in [3.05, 3.63) is 62.6 Å². The third-order valence-electron chi connectivity index (χ3n) is 3.35. The van der Waals surface area contributed by atoms with Crippen molar-refractivity contribution in [1.29, 1.82) is 0 Å². The monoisotopic (exact) mass is 273 g/mol. The van der Waals surface area contributed by atoms with Crippen LogP contribution in [0.3, 0.4) is 0 Å². The van der Waals surface area contributed by atoms with Crippen LogP contribution in [-0.4, -0.2) is 10.7 Å². The maximum Gasteiger partial charge on any atom is 0.269 e. The van der Waals surface area contributed by atoms with Crippen LogP contribution in [0.15, 0.2) is 28.7 Å². The van der Waals surface area contributed by atoms with Crippen molar-refractivity contribution in [2.75, 3.05) is 0 Å². The standard InChI is InChI=1S/C15H15NO4/c1-9-10(2)20-11(3)15(9)14(17)8-12-4-6-13(7-5-12)16(18)19/h4-7H,8H2,1-3H3. The van der Waals surface area contributed by atoms with Gasteiger partial charge in [0, 0.05) is 24.1 Å². The molecule has 0 fully saturated rings. The molecule has 0 atom stereocenters. The number of nitro benzene ring substituents is 1. The number of nitro groups is 1. The van der Waals surface area contributed by atoms with Gasteiger partial charge in [-0.3, -0.25) is 14.9 Å². The normalized spacial score (nSPS) is 10.6. The van der Waals surface area contributed by atoms with Crippen LogP contribution in [-0.2, 0) is 6.42 Å². The lowest BCUT2D eigenvalue weighted by Crippen LogP contribution is -2.05. The predicted molar refractivity (Wildman–Crippen MR) is 74.0 cm³/mol. The van der Waals surface area contributed by atoms with E-state index < -0.39 is 4.92 Å². The summed E-state index contributed by atoms with van der Waals surface area (Å²) in [6.07, 6.45) is 0.207. The minimum absolute atomic E-state index is 0.0210. The highest BCUT2D eigenvalue weighted by molar-refractivity contribution is 5.99. The number of carbonyl (C=O) groups is 1. The van der Waals surface area contributed by atoms with Crippen LogP contribution in [0.4, 0.5) is 5.69 Å². The average molecular weight is 273 g/mol. The molecule has 20 heavy (non-hydrogen) atoms. The van der Waals surface area contributed by atoms with E-state index in [1.54, 1.807) is 19.1 Å². The Morgan fingerprint density at radius 3 is 2.20 bits per heavy atom. The van der Waals surface area contributed by atoms with Crippen LogP contribution in [0.2, 0.25) is 0 Å². The molecule has 2 aromatic rings. The molecule has 0 aliphatic rings. The van der Waals surface area contributed by atoms with E-state index in [1.807, 2.05) is 13.8 Å². The Morgan fingerprint density at radius 1 is 1.15 bits per heavy atom. The molecule has 0 aliphatic carbocycles. The Bertz CT molecular complexity index is 668. The molecule has 1 aromatic carbocycles. The zero-order valence-corrected chi connectivity index (χ0v) is 11.6. The zero-order chi connectivity index (χ0) is 14.9. The second-order valence-electron chi connectivity index (χ2n) is 4.74. The molecular formula is C15H15NO4. The molecule has 1 aromatic heterocycles. The lowest BCUT2D eigenvalue weighted by Gasteiger charge is -2.02. The van der Waals surface area contributed by atoms with Crippen molar-refractivity contribution in [2.45, 2.75) is 27.2 Å². The van der Waals surface area contributed by atoms with Crippen LogP contribution in [0, 0.1) is 30.9 Å². The third kappa shape index (κ3) is 2.61. The van der Waals surface area contributed by atoms with Gasteiger partial charge in [0.25, 0.3) is 5.69 Å². The number of aryl methyl sites for hydroxylation is 2. The highest BCUT2D eigenvalue weighted by Crippen LogP contribution is 2.23. The molecule has 0 saturated carbocycles. The Labute approximate surface area is 116 Å². The topological polar surface area (TPSA) is 73.3 Å². The molecule has 0 N–H and O–H groups in total. The van der Waals surface area contributed by atoms with Crippen molar-refractivity contribution in [3.8, 4) is 0 Å². The molecule has 0 amide bonds. The van der Waals surface area contributed by atoms with E-state index in [4.69, 9.17) is 4.42 Å². The van der Waals surface area contributed by atoms with Crippen molar-refractivity contribution >= 4 is 11.5 Å². The smallest absolute Gasteiger partial charge is 0.269 e. The molecule has 0 saturated heterocycles. The van der Waals surface area contributed by atoms with Gasteiger partial charge in [0.05, 0.1) is 10.5 Å². The molecule has 5 nitrogen and oxygen atoms in total. The van der Waals surface area contributed by atoms with Gasteiger partial charge < -0.3 is 4.42 Å². The second kappa shape index (κ2) is 5.28. The number of ketones is 1. The summed E-state index contributed by atoms with van der Waals surface area (Å²) in [7, 11) is 0. The minimum atomic E-state index is -0.459. The fourth-order valence-electron chi connectivity index (χ4n) is 2.21. The van der Waals surface area contributed by atoms with Gasteiger partial charge in [-0.15, -0.1) is 0 Å². The molecule has 0 radical (unpaired) electrons. The quantitative estimate of drug-likeness (QED) is 0.485. The van der Waals surface area contributed by atoms with Gasteiger partial charge in [0.15, 0.2) is 5.78 Å². The highest BCUT2D eigenvalue weighted by atomic mass is 16.6. The number of furan rings is 1. The summed E-state index contributed by atoms with van der Waals surface area (Å²) in [5.74, 6) is 1.33. The number of non-ortho nitro benzene ring substituents is 1. The van der Waals surface area contributed by atoms with E-state index in [0.717, 1.165) is 16.9 Å². The molecule has 0 spiro atoms. The van der Waals surface area contributed by atoms with Gasteiger partial charge in [-0.25, -0.2) is 0 Å². The Kier molecular flexibility index (Phi) is 3.70. The maximum atomic E-state index is 12.3. The van der Waals surface area contributed by atoms with E-state index >= 15 is 0 Å². The average Bonchev–Trinajstić information content (AvgIpc) is 2.63. The van der Waals surface area contributed by atoms with Crippen molar-refractivity contribution in [3.63, 3.8) is 0 Å². The lowest BCUT2D eigenvalue weighted by molar-refractivity contribution is -0.384. The summed E-state index contributed by atoms with van der Waals surface area (Å²) in [5.41, 5.74) is 2.24. The van der Waals surface area contributed by atoms with Gasteiger partial charge in [-0.2, -0.15) is 0 Å². The first kappa shape index (κ1) is 14.0. The van der Waals surface area contributed by atoms with Gasteiger partial charge in [-0.1, -0.05) is 12.1 Å². The number of rotatable bonds is 4. The van der Waals surface area contributed by atoms with Crippen molar-refractivity contribution in [1.82, 2.24) is 0 Å². The number of Topliss-reactive ketones (excluding diaryl/α,β-unsaturated/α-hetero) is 1. The Hall–Kier alpha value is -2.43. The molecule has 0 bridgehead atoms. The molecule has 1 heterocycles. The Morgan fingerprint density at radius 2 is 1.75 bits per heavy atom. The number of nitrogens with zero attached hydrogens (tertiary/aromatic N) is 1. The van der Waals surface area contributed by atoms with E-state index in [9.17, 15) is 14.9 Å². The first-order chi connectivity index (χ1) is 9.40. The molecule has 5 heteroatoms. The molecule has 2 rings (SSSR count). The minimum Gasteiger partial charge on any atom is -0.466 e. The summed E-state index contributed by atoms with van der Waals surface area (Å²) < 4.78 is 5.44. The zero-order valence-electron chi connectivity index (χ0n) is 11.6. The second-order valence-corrected chi connectivity index (χ2v) is 4.74. The Balaban J connectivity index is 2.21. The van der Waals surface area contributed by atoms with Crippen LogP contribution in [0.1, 0.15) is 33.0 Å². The predicted octanol–water partition coefficient (Wildman–Crippen LogP) is 3.54. The van der Waals surface area contributed by atoms with Gasteiger partial charge in [0.1, 0.15) is 11.5 Å². The molecular weight excluding hydrogens is 258 g/mol. The van der Waals surface area contributed by atoms with E-state index in [0.29, 0.717) is 11.3 Å². The fraction of sp³-hybridized carbons (Fsp3) is 0.267. The van der Waals surface area contributed by atoms with Crippen LogP contribution >= 0.6 is 0 Å². The fourth-order valence-corrected chi connectivity index (χ4v) is 2.21. The summed E-state index contributed by atoms with van der Waals surface area (Å²) in [6.45, 7) is 5.45. The molecule has 104 valence electrons. The SMILES string of the molecule is Cc1oc(C)c(C(=O)Cc2ccc([N+](=O)[O-])cc2)c1C. The van der Waals surface area contributed by atoms with E-state index in [2.05, 4.69) is 0 Å². The lowest BCUT2D eigenvalue weighted by atomic mass is 10.00. The summed E-state index contributed by atoms with van der Waals surface area (Å²) >= 11 is 0. The van der Waals surface area contributed by atoms with Crippen molar-refractivity contribution in [2.24, 2.45) is 0 Å². The number of hydrogen-bond donors (Lipinski definition) is 0. The maximum absolute atomic E-state index is 12.3. The van der Waals surface area contributed by atoms with Crippen LogP contribution in [0.5, 0.6) is 0 Å². The highest BCUT2D eigenvalue weighted by Gasteiger charge is 2.18. The number of hydrogen-bond acceptors (Lipinski definition) is 4. The van der Waals surface area contributed by atoms with Crippen molar-refractivity contribution < 1.29 is 14.1 Å². The van der Waals surface area contributed by atoms with Crippen LogP contribution in [0.25, 0.3) is 0 Å².